The van der Waals surface area contributed by atoms with Crippen molar-refractivity contribution >= 4 is 11.3 Å². The van der Waals surface area contributed by atoms with Crippen LogP contribution in [0.2, 0.25) is 0 Å². The van der Waals surface area contributed by atoms with Crippen LogP contribution < -0.4 is 0 Å². The zero-order chi connectivity index (χ0) is 11.4. The molecule has 0 N–H and O–H groups in total. The van der Waals surface area contributed by atoms with Crippen molar-refractivity contribution in [2.45, 2.75) is 13.3 Å². The van der Waals surface area contributed by atoms with E-state index in [1.807, 2.05) is 6.92 Å². The molecule has 0 aromatic heterocycles. The number of hydrogen-bond acceptors (Lipinski definition) is 2. The standard InChI is InChI=1S/C12H11NO2/c1-4-5-9(2)12-8-11(13(14)15)7-6-10(12)3/h1,6-8H,2,5H2,3H3. The van der Waals surface area contributed by atoms with Crippen molar-refractivity contribution in [1.29, 1.82) is 0 Å². The van der Waals surface area contributed by atoms with Crippen LogP contribution in [0, 0.1) is 29.4 Å². The van der Waals surface area contributed by atoms with Crippen molar-refractivity contribution in [2.75, 3.05) is 0 Å². The van der Waals surface area contributed by atoms with Gasteiger partial charge < -0.3 is 0 Å². The minimum atomic E-state index is -0.425. The molecule has 0 bridgehead atoms. The molecule has 0 heterocycles. The van der Waals surface area contributed by atoms with Crippen molar-refractivity contribution in [3.63, 3.8) is 0 Å². The number of aryl methyl sites for hydroxylation is 1. The quantitative estimate of drug-likeness (QED) is 0.428. The molecule has 0 spiro atoms. The predicted molar refractivity (Wildman–Crippen MR) is 60.3 cm³/mol. The van der Waals surface area contributed by atoms with Crippen LogP contribution in [0.5, 0.6) is 0 Å². The van der Waals surface area contributed by atoms with Crippen LogP contribution in [0.3, 0.4) is 0 Å². The van der Waals surface area contributed by atoms with Gasteiger partial charge >= 0.3 is 0 Å². The first-order chi connectivity index (χ1) is 7.06. The van der Waals surface area contributed by atoms with Crippen LogP contribution in [0.4, 0.5) is 5.69 Å². The van der Waals surface area contributed by atoms with Crippen molar-refractivity contribution < 1.29 is 4.92 Å². The van der Waals surface area contributed by atoms with Crippen LogP contribution in [-0.2, 0) is 0 Å². The Labute approximate surface area is 88.6 Å². The lowest BCUT2D eigenvalue weighted by Gasteiger charge is -2.05. The summed E-state index contributed by atoms with van der Waals surface area (Å²) in [5.41, 5.74) is 2.51. The number of nitrogens with zero attached hydrogens (tertiary/aromatic N) is 1. The Bertz CT molecular complexity index is 455. The van der Waals surface area contributed by atoms with Crippen molar-refractivity contribution in [1.82, 2.24) is 0 Å². The van der Waals surface area contributed by atoms with Gasteiger partial charge in [0.25, 0.3) is 5.69 Å². The average Bonchev–Trinajstić information content (AvgIpc) is 2.18. The lowest BCUT2D eigenvalue weighted by atomic mass is 9.99. The third-order valence-electron chi connectivity index (χ3n) is 2.13. The molecule has 76 valence electrons. The van der Waals surface area contributed by atoms with Crippen molar-refractivity contribution in [3.8, 4) is 12.3 Å². The van der Waals surface area contributed by atoms with Crippen LogP contribution in [0.15, 0.2) is 24.8 Å². The first-order valence-electron chi connectivity index (χ1n) is 4.43. The molecule has 15 heavy (non-hydrogen) atoms. The topological polar surface area (TPSA) is 43.1 Å². The SMILES string of the molecule is C#CCC(=C)c1cc([N+](=O)[O-])ccc1C. The van der Waals surface area contributed by atoms with Gasteiger partial charge in [-0.25, -0.2) is 0 Å². The number of nitro groups is 1. The van der Waals surface area contributed by atoms with Gasteiger partial charge in [-0.15, -0.1) is 12.3 Å². The van der Waals surface area contributed by atoms with E-state index in [1.54, 1.807) is 6.07 Å². The summed E-state index contributed by atoms with van der Waals surface area (Å²) in [4.78, 5) is 10.2. The van der Waals surface area contributed by atoms with Gasteiger partial charge in [0.2, 0.25) is 0 Å². The Morgan fingerprint density at radius 1 is 1.67 bits per heavy atom. The first-order valence-corrected chi connectivity index (χ1v) is 4.43. The molecule has 1 rings (SSSR count). The molecular weight excluding hydrogens is 190 g/mol. The van der Waals surface area contributed by atoms with Gasteiger partial charge in [0.1, 0.15) is 0 Å². The number of rotatable bonds is 3. The molecule has 0 aliphatic heterocycles. The number of non-ortho nitro benzene ring substituents is 1. The lowest BCUT2D eigenvalue weighted by molar-refractivity contribution is -0.384. The Balaban J connectivity index is 3.17. The van der Waals surface area contributed by atoms with Crippen molar-refractivity contribution in [2.24, 2.45) is 0 Å². The smallest absolute Gasteiger partial charge is 0.258 e. The molecule has 0 aliphatic rings. The van der Waals surface area contributed by atoms with E-state index in [0.717, 1.165) is 16.7 Å². The van der Waals surface area contributed by atoms with Crippen LogP contribution >= 0.6 is 0 Å². The molecule has 3 heteroatoms. The highest BCUT2D eigenvalue weighted by atomic mass is 16.6. The van der Waals surface area contributed by atoms with E-state index in [-0.39, 0.29) is 5.69 Å². The van der Waals surface area contributed by atoms with Crippen LogP contribution in [0.25, 0.3) is 5.57 Å². The summed E-state index contributed by atoms with van der Waals surface area (Å²) in [6.07, 6.45) is 5.57. The van der Waals surface area contributed by atoms with Crippen molar-refractivity contribution in [3.05, 3.63) is 46.0 Å². The van der Waals surface area contributed by atoms with E-state index < -0.39 is 4.92 Å². The summed E-state index contributed by atoms with van der Waals surface area (Å²) in [7, 11) is 0. The zero-order valence-corrected chi connectivity index (χ0v) is 8.49. The number of nitro benzene ring substituents is 1. The van der Waals surface area contributed by atoms with Gasteiger partial charge in [0.15, 0.2) is 0 Å². The van der Waals surface area contributed by atoms with E-state index in [9.17, 15) is 10.1 Å². The minimum absolute atomic E-state index is 0.0637. The second kappa shape index (κ2) is 4.43. The summed E-state index contributed by atoms with van der Waals surface area (Å²) >= 11 is 0. The molecule has 0 unspecified atom stereocenters. The zero-order valence-electron chi connectivity index (χ0n) is 8.49. The molecule has 0 saturated heterocycles. The summed E-state index contributed by atoms with van der Waals surface area (Å²) in [5.74, 6) is 2.47. The van der Waals surface area contributed by atoms with Gasteiger partial charge in [-0.05, 0) is 23.6 Å². The van der Waals surface area contributed by atoms with E-state index in [2.05, 4.69) is 12.5 Å². The van der Waals surface area contributed by atoms with Gasteiger partial charge in [-0.3, -0.25) is 10.1 Å². The summed E-state index contributed by atoms with van der Waals surface area (Å²) < 4.78 is 0. The second-order valence-electron chi connectivity index (χ2n) is 3.24. The molecule has 1 aromatic rings. The van der Waals surface area contributed by atoms with Gasteiger partial charge in [-0.2, -0.15) is 0 Å². The normalized spacial score (nSPS) is 9.33. The molecular formula is C12H11NO2. The molecule has 0 saturated carbocycles. The number of hydrogen-bond donors (Lipinski definition) is 0. The highest BCUT2D eigenvalue weighted by molar-refractivity contribution is 5.69. The van der Waals surface area contributed by atoms with Crippen LogP contribution in [0.1, 0.15) is 17.5 Å². The third-order valence-corrected chi connectivity index (χ3v) is 2.13. The number of benzene rings is 1. The van der Waals surface area contributed by atoms with Gasteiger partial charge in [0, 0.05) is 18.6 Å². The number of allylic oxidation sites excluding steroid dienone is 1. The third kappa shape index (κ3) is 2.44. The molecule has 0 aliphatic carbocycles. The summed E-state index contributed by atoms with van der Waals surface area (Å²) in [6.45, 7) is 5.69. The summed E-state index contributed by atoms with van der Waals surface area (Å²) in [5, 5.41) is 10.6. The molecule has 0 amide bonds. The fourth-order valence-electron chi connectivity index (χ4n) is 1.32. The Morgan fingerprint density at radius 3 is 2.87 bits per heavy atom. The first kappa shape index (κ1) is 11.0. The predicted octanol–water partition coefficient (Wildman–Crippen LogP) is 2.94. The second-order valence-corrected chi connectivity index (χ2v) is 3.24. The average molecular weight is 201 g/mol. The van der Waals surface area contributed by atoms with E-state index in [4.69, 9.17) is 6.42 Å². The number of terminal acetylenes is 1. The Kier molecular flexibility index (Phi) is 3.25. The Morgan fingerprint density at radius 2 is 2.33 bits per heavy atom. The molecule has 1 aromatic carbocycles. The largest absolute Gasteiger partial charge is 0.270 e. The van der Waals surface area contributed by atoms with Gasteiger partial charge in [0.05, 0.1) is 4.92 Å². The fourth-order valence-corrected chi connectivity index (χ4v) is 1.32. The van der Waals surface area contributed by atoms with Crippen LogP contribution in [-0.4, -0.2) is 4.92 Å². The maximum absolute atomic E-state index is 10.6. The van der Waals surface area contributed by atoms with E-state index >= 15 is 0 Å². The Hall–Kier alpha value is -2.08. The summed E-state index contributed by atoms with van der Waals surface area (Å²) in [6, 6.07) is 4.69. The monoisotopic (exact) mass is 201 g/mol. The molecule has 0 radical (unpaired) electrons. The highest BCUT2D eigenvalue weighted by Gasteiger charge is 2.09. The molecule has 0 atom stereocenters. The highest BCUT2D eigenvalue weighted by Crippen LogP contribution is 2.24. The minimum Gasteiger partial charge on any atom is -0.258 e. The lowest BCUT2D eigenvalue weighted by Crippen LogP contribution is -1.92. The maximum atomic E-state index is 10.6. The maximum Gasteiger partial charge on any atom is 0.270 e. The molecule has 0 fully saturated rings. The molecule has 3 nitrogen and oxygen atoms in total. The van der Waals surface area contributed by atoms with E-state index in [1.165, 1.54) is 12.1 Å². The fraction of sp³-hybridized carbons (Fsp3) is 0.167. The van der Waals surface area contributed by atoms with E-state index in [0.29, 0.717) is 6.42 Å². The van der Waals surface area contributed by atoms with Gasteiger partial charge in [-0.1, -0.05) is 12.6 Å².